The molecule has 15 heavy (non-hydrogen) atoms. The molecule has 0 bridgehead atoms. The van der Waals surface area contributed by atoms with Gasteiger partial charge in [-0.15, -0.1) is 0 Å². The molecule has 0 radical (unpaired) electrons. The standard InChI is InChI=1S/C10H9BrN2O2/c1-5-3-6(11)4-7-8(5)13(2)9(12-7)10(14)15/h3-4H,1-2H3,(H,14,15). The first-order valence-electron chi connectivity index (χ1n) is 4.36. The summed E-state index contributed by atoms with van der Waals surface area (Å²) in [7, 11) is 1.71. The summed E-state index contributed by atoms with van der Waals surface area (Å²) >= 11 is 3.36. The zero-order valence-electron chi connectivity index (χ0n) is 8.28. The maximum absolute atomic E-state index is 10.9. The average molecular weight is 269 g/mol. The van der Waals surface area contributed by atoms with Gasteiger partial charge in [0.25, 0.3) is 0 Å². The van der Waals surface area contributed by atoms with Gasteiger partial charge in [-0.2, -0.15) is 0 Å². The summed E-state index contributed by atoms with van der Waals surface area (Å²) in [4.78, 5) is 15.0. The highest BCUT2D eigenvalue weighted by Crippen LogP contribution is 2.23. The molecule has 2 aromatic rings. The van der Waals surface area contributed by atoms with Crippen molar-refractivity contribution >= 4 is 32.9 Å². The fourth-order valence-electron chi connectivity index (χ4n) is 1.73. The summed E-state index contributed by atoms with van der Waals surface area (Å²) in [6, 6.07) is 3.75. The Hall–Kier alpha value is -1.36. The number of halogens is 1. The van der Waals surface area contributed by atoms with Gasteiger partial charge in [-0.25, -0.2) is 9.78 Å². The van der Waals surface area contributed by atoms with E-state index in [1.54, 1.807) is 11.6 Å². The van der Waals surface area contributed by atoms with Crippen LogP contribution in [0.2, 0.25) is 0 Å². The molecule has 1 aromatic carbocycles. The molecule has 1 aromatic heterocycles. The fraction of sp³-hybridized carbons (Fsp3) is 0.200. The van der Waals surface area contributed by atoms with E-state index in [1.165, 1.54) is 0 Å². The zero-order chi connectivity index (χ0) is 11.2. The van der Waals surface area contributed by atoms with Gasteiger partial charge >= 0.3 is 5.97 Å². The number of carbonyl (C=O) groups is 1. The Morgan fingerprint density at radius 2 is 2.20 bits per heavy atom. The molecule has 0 atom stereocenters. The molecule has 1 heterocycles. The van der Waals surface area contributed by atoms with E-state index in [2.05, 4.69) is 20.9 Å². The van der Waals surface area contributed by atoms with Gasteiger partial charge in [0, 0.05) is 11.5 Å². The Kier molecular flexibility index (Phi) is 2.26. The van der Waals surface area contributed by atoms with E-state index in [4.69, 9.17) is 5.11 Å². The van der Waals surface area contributed by atoms with Gasteiger partial charge in [-0.1, -0.05) is 15.9 Å². The van der Waals surface area contributed by atoms with E-state index in [-0.39, 0.29) is 5.82 Å². The van der Waals surface area contributed by atoms with Crippen LogP contribution in [0.15, 0.2) is 16.6 Å². The number of aromatic nitrogens is 2. The molecule has 0 amide bonds. The second-order valence-corrected chi connectivity index (χ2v) is 4.31. The molecule has 0 spiro atoms. The summed E-state index contributed by atoms with van der Waals surface area (Å²) in [5.41, 5.74) is 2.55. The van der Waals surface area contributed by atoms with Crippen LogP contribution in [-0.2, 0) is 7.05 Å². The Balaban J connectivity index is 2.88. The largest absolute Gasteiger partial charge is 0.475 e. The number of benzene rings is 1. The molecule has 4 nitrogen and oxygen atoms in total. The number of rotatable bonds is 1. The highest BCUT2D eigenvalue weighted by atomic mass is 79.9. The Bertz CT molecular complexity index is 560. The minimum Gasteiger partial charge on any atom is -0.475 e. The van der Waals surface area contributed by atoms with Crippen molar-refractivity contribution in [3.8, 4) is 0 Å². The van der Waals surface area contributed by atoms with Gasteiger partial charge in [0.2, 0.25) is 5.82 Å². The van der Waals surface area contributed by atoms with Crippen LogP contribution < -0.4 is 0 Å². The van der Waals surface area contributed by atoms with Crippen molar-refractivity contribution in [1.29, 1.82) is 0 Å². The second kappa shape index (κ2) is 3.34. The summed E-state index contributed by atoms with van der Waals surface area (Å²) in [5.74, 6) is -0.949. The van der Waals surface area contributed by atoms with Gasteiger partial charge in [0.1, 0.15) is 0 Å². The third-order valence-electron chi connectivity index (χ3n) is 2.32. The highest BCUT2D eigenvalue weighted by molar-refractivity contribution is 9.10. The summed E-state index contributed by atoms with van der Waals surface area (Å²) in [5, 5.41) is 8.93. The van der Waals surface area contributed by atoms with Crippen LogP contribution in [0.4, 0.5) is 0 Å². The molecule has 0 fully saturated rings. The average Bonchev–Trinajstić information content (AvgIpc) is 2.42. The lowest BCUT2D eigenvalue weighted by Crippen LogP contribution is -2.05. The van der Waals surface area contributed by atoms with E-state index in [9.17, 15) is 4.79 Å². The van der Waals surface area contributed by atoms with E-state index >= 15 is 0 Å². The van der Waals surface area contributed by atoms with E-state index in [0.717, 1.165) is 15.6 Å². The lowest BCUT2D eigenvalue weighted by Gasteiger charge is -2.01. The van der Waals surface area contributed by atoms with Crippen LogP contribution in [0.5, 0.6) is 0 Å². The molecule has 78 valence electrons. The van der Waals surface area contributed by atoms with Gasteiger partial charge in [-0.05, 0) is 24.6 Å². The second-order valence-electron chi connectivity index (χ2n) is 3.39. The van der Waals surface area contributed by atoms with Crippen molar-refractivity contribution in [3.63, 3.8) is 0 Å². The molecule has 2 rings (SSSR count). The third-order valence-corrected chi connectivity index (χ3v) is 2.77. The number of fused-ring (bicyclic) bond motifs is 1. The van der Waals surface area contributed by atoms with Crippen molar-refractivity contribution in [2.75, 3.05) is 0 Å². The lowest BCUT2D eigenvalue weighted by molar-refractivity contribution is 0.0680. The maximum Gasteiger partial charge on any atom is 0.372 e. The Labute approximate surface area is 94.7 Å². The minimum absolute atomic E-state index is 0.0613. The van der Waals surface area contributed by atoms with Crippen LogP contribution >= 0.6 is 15.9 Å². The van der Waals surface area contributed by atoms with Crippen LogP contribution in [0, 0.1) is 6.92 Å². The molecule has 0 saturated carbocycles. The number of carboxylic acid groups (broad SMARTS) is 1. The van der Waals surface area contributed by atoms with Gasteiger partial charge < -0.3 is 9.67 Å². The summed E-state index contributed by atoms with van der Waals surface area (Å²) < 4.78 is 2.50. The summed E-state index contributed by atoms with van der Waals surface area (Å²) in [6.45, 7) is 1.93. The van der Waals surface area contributed by atoms with Gasteiger partial charge in [0.15, 0.2) is 0 Å². The van der Waals surface area contributed by atoms with Gasteiger partial charge in [0.05, 0.1) is 11.0 Å². The molecule has 0 unspecified atom stereocenters. The van der Waals surface area contributed by atoms with E-state index in [1.807, 2.05) is 19.1 Å². The minimum atomic E-state index is -1.01. The highest BCUT2D eigenvalue weighted by Gasteiger charge is 2.15. The molecular formula is C10H9BrN2O2. The predicted octanol–water partition coefficient (Wildman–Crippen LogP) is 2.34. The third kappa shape index (κ3) is 1.52. The topological polar surface area (TPSA) is 55.1 Å². The number of hydrogen-bond donors (Lipinski definition) is 1. The zero-order valence-corrected chi connectivity index (χ0v) is 9.87. The number of hydrogen-bond acceptors (Lipinski definition) is 2. The molecule has 0 saturated heterocycles. The van der Waals surface area contributed by atoms with Crippen molar-refractivity contribution in [1.82, 2.24) is 9.55 Å². The Morgan fingerprint density at radius 1 is 1.53 bits per heavy atom. The summed E-state index contributed by atoms with van der Waals surface area (Å²) in [6.07, 6.45) is 0. The van der Waals surface area contributed by atoms with Crippen LogP contribution in [0.3, 0.4) is 0 Å². The number of carboxylic acids is 1. The first-order valence-corrected chi connectivity index (χ1v) is 5.16. The van der Waals surface area contributed by atoms with Gasteiger partial charge in [-0.3, -0.25) is 0 Å². The van der Waals surface area contributed by atoms with E-state index in [0.29, 0.717) is 5.52 Å². The molecule has 1 N–H and O–H groups in total. The number of aromatic carboxylic acids is 1. The smallest absolute Gasteiger partial charge is 0.372 e. The van der Waals surface area contributed by atoms with Crippen molar-refractivity contribution in [2.45, 2.75) is 6.92 Å². The Morgan fingerprint density at radius 3 is 2.80 bits per heavy atom. The van der Waals surface area contributed by atoms with Crippen molar-refractivity contribution in [3.05, 3.63) is 28.0 Å². The van der Waals surface area contributed by atoms with Crippen LogP contribution in [0.25, 0.3) is 11.0 Å². The fourth-order valence-corrected chi connectivity index (χ4v) is 2.29. The van der Waals surface area contributed by atoms with Crippen molar-refractivity contribution in [2.24, 2.45) is 7.05 Å². The molecule has 0 aliphatic heterocycles. The first kappa shape index (κ1) is 10.2. The SMILES string of the molecule is Cc1cc(Br)cc2nc(C(=O)O)n(C)c12. The normalized spacial score (nSPS) is 10.9. The number of aryl methyl sites for hydroxylation is 2. The number of imidazole rings is 1. The predicted molar refractivity (Wildman–Crippen MR) is 60.1 cm³/mol. The monoisotopic (exact) mass is 268 g/mol. The first-order chi connectivity index (χ1) is 7.00. The quantitative estimate of drug-likeness (QED) is 0.864. The maximum atomic E-state index is 10.9. The molecule has 5 heteroatoms. The lowest BCUT2D eigenvalue weighted by atomic mass is 10.2. The molecular weight excluding hydrogens is 260 g/mol. The number of nitrogens with zero attached hydrogens (tertiary/aromatic N) is 2. The van der Waals surface area contributed by atoms with E-state index < -0.39 is 5.97 Å². The molecule has 0 aliphatic rings. The van der Waals surface area contributed by atoms with Crippen molar-refractivity contribution < 1.29 is 9.90 Å². The van der Waals surface area contributed by atoms with Crippen LogP contribution in [-0.4, -0.2) is 20.6 Å². The molecule has 0 aliphatic carbocycles. The van der Waals surface area contributed by atoms with Crippen LogP contribution in [0.1, 0.15) is 16.2 Å².